The number of piperidine rings is 3. The maximum Gasteiger partial charge on any atom is 0.322 e. The smallest absolute Gasteiger partial charge is 0.322 e. The normalized spacial score (nSPS) is 20.8. The molecule has 2 aromatic rings. The third-order valence-corrected chi connectivity index (χ3v) is 11.7. The van der Waals surface area contributed by atoms with Crippen LogP contribution in [0.25, 0.3) is 0 Å². The minimum atomic E-state index is -0.653. The van der Waals surface area contributed by atoms with Crippen molar-refractivity contribution in [3.63, 3.8) is 0 Å². The van der Waals surface area contributed by atoms with Crippen molar-refractivity contribution in [2.24, 2.45) is 4.99 Å². The minimum absolute atomic E-state index is 0.0242. The summed E-state index contributed by atoms with van der Waals surface area (Å²) in [5.41, 5.74) is 5.29. The fraction of sp³-hybridized carbons (Fsp3) is 0.556. The first-order valence-electron chi connectivity index (χ1n) is 17.2. The van der Waals surface area contributed by atoms with Crippen LogP contribution in [-0.4, -0.2) is 94.9 Å². The van der Waals surface area contributed by atoms with Gasteiger partial charge >= 0.3 is 6.03 Å². The molecule has 3 fully saturated rings. The SMILES string of the molecule is Cc1cc(CC(N=C(NC#N)N2CCC(N3Cc4ccccc4NC3=O)CC2)C(=O)N2CCC(N3CCCCC3)CC2)cc(C)c1Br. The Kier molecular flexibility index (Phi) is 10.7. The number of nitriles is 1. The van der Waals surface area contributed by atoms with Gasteiger partial charge in [0.15, 0.2) is 6.19 Å². The van der Waals surface area contributed by atoms with Crippen LogP contribution >= 0.6 is 15.9 Å². The number of urea groups is 1. The summed E-state index contributed by atoms with van der Waals surface area (Å²) < 4.78 is 1.08. The molecule has 0 radical (unpaired) electrons. The second kappa shape index (κ2) is 15.1. The molecule has 11 heteroatoms. The molecule has 0 bridgehead atoms. The standard InChI is InChI=1S/C36H47BrN8O2/c1-25-20-27(21-26(2)33(25)37)22-32(34(46)43-16-10-29(11-17-43)42-14-6-3-7-15-42)40-35(39-24-38)44-18-12-30(13-19-44)45-23-28-8-4-5-9-31(28)41-36(45)47/h4-5,8-9,20-21,29-30,32H,3,6-7,10-19,22-23H2,1-2H3,(H,39,40)(H,41,47). The number of nitrogens with zero attached hydrogens (tertiary/aromatic N) is 6. The number of amides is 3. The Morgan fingerprint density at radius 3 is 2.30 bits per heavy atom. The van der Waals surface area contributed by atoms with E-state index in [2.05, 4.69) is 74.6 Å². The van der Waals surface area contributed by atoms with Gasteiger partial charge in [-0.2, -0.15) is 5.26 Å². The number of aliphatic imine (C=N–C) groups is 1. The van der Waals surface area contributed by atoms with Crippen molar-refractivity contribution >= 4 is 39.5 Å². The van der Waals surface area contributed by atoms with Gasteiger partial charge in [-0.15, -0.1) is 0 Å². The summed E-state index contributed by atoms with van der Waals surface area (Å²) in [5.74, 6) is 0.461. The molecule has 4 heterocycles. The number of hydrogen-bond donors (Lipinski definition) is 2. The van der Waals surface area contributed by atoms with Crippen molar-refractivity contribution in [3.05, 3.63) is 63.1 Å². The largest absolute Gasteiger partial charge is 0.342 e. The van der Waals surface area contributed by atoms with E-state index in [1.807, 2.05) is 28.0 Å². The van der Waals surface area contributed by atoms with Gasteiger partial charge in [0.2, 0.25) is 11.9 Å². The number of hydrogen-bond acceptors (Lipinski definition) is 5. The summed E-state index contributed by atoms with van der Waals surface area (Å²) in [7, 11) is 0. The van der Waals surface area contributed by atoms with Gasteiger partial charge in [-0.25, -0.2) is 9.79 Å². The number of anilines is 1. The highest BCUT2D eigenvalue weighted by atomic mass is 79.9. The van der Waals surface area contributed by atoms with Gasteiger partial charge in [-0.05, 0) is 93.8 Å². The highest BCUT2D eigenvalue weighted by molar-refractivity contribution is 9.10. The maximum atomic E-state index is 14.3. The number of para-hydroxylation sites is 1. The molecular formula is C36H47BrN8O2. The third-order valence-electron chi connectivity index (χ3n) is 10.4. The number of nitrogens with one attached hydrogen (secondary N) is 2. The number of rotatable bonds is 6. The summed E-state index contributed by atoms with van der Waals surface area (Å²) in [6.45, 7) is 9.79. The zero-order valence-corrected chi connectivity index (χ0v) is 29.3. The molecular weight excluding hydrogens is 656 g/mol. The molecule has 250 valence electrons. The maximum absolute atomic E-state index is 14.3. The van der Waals surface area contributed by atoms with Crippen molar-refractivity contribution < 1.29 is 9.59 Å². The molecule has 0 spiro atoms. The Hall–Kier alpha value is -3.62. The predicted octanol–water partition coefficient (Wildman–Crippen LogP) is 5.39. The Balaban J connectivity index is 1.18. The molecule has 0 aromatic heterocycles. The van der Waals surface area contributed by atoms with Gasteiger partial charge in [0.25, 0.3) is 0 Å². The quantitative estimate of drug-likeness (QED) is 0.181. The first-order valence-corrected chi connectivity index (χ1v) is 18.0. The summed E-state index contributed by atoms with van der Waals surface area (Å²) in [6.07, 6.45) is 9.87. The van der Waals surface area contributed by atoms with Gasteiger partial charge in [-0.3, -0.25) is 10.1 Å². The van der Waals surface area contributed by atoms with E-state index in [0.717, 1.165) is 71.2 Å². The number of benzene rings is 2. The van der Waals surface area contributed by atoms with Gasteiger partial charge in [0.05, 0.1) is 0 Å². The van der Waals surface area contributed by atoms with E-state index in [1.54, 1.807) is 0 Å². The Morgan fingerprint density at radius 1 is 0.979 bits per heavy atom. The molecule has 2 aromatic carbocycles. The average molecular weight is 704 g/mol. The fourth-order valence-corrected chi connectivity index (χ4v) is 8.04. The minimum Gasteiger partial charge on any atom is -0.342 e. The molecule has 3 saturated heterocycles. The first kappa shape index (κ1) is 33.3. The number of guanidine groups is 1. The molecule has 47 heavy (non-hydrogen) atoms. The van der Waals surface area contributed by atoms with Crippen LogP contribution in [0.5, 0.6) is 0 Å². The van der Waals surface area contributed by atoms with Crippen LogP contribution in [0, 0.1) is 25.3 Å². The van der Waals surface area contributed by atoms with Crippen LogP contribution in [-0.2, 0) is 17.8 Å². The number of carbonyl (C=O) groups is 2. The lowest BCUT2D eigenvalue weighted by Gasteiger charge is -2.41. The number of halogens is 1. The fourth-order valence-electron chi connectivity index (χ4n) is 7.81. The summed E-state index contributed by atoms with van der Waals surface area (Å²) in [5, 5.41) is 15.6. The molecule has 4 aliphatic heterocycles. The van der Waals surface area contributed by atoms with Gasteiger partial charge in [0, 0.05) is 61.4 Å². The summed E-state index contributed by atoms with van der Waals surface area (Å²) >= 11 is 3.68. The zero-order valence-electron chi connectivity index (χ0n) is 27.7. The number of carbonyl (C=O) groups excluding carboxylic acids is 2. The van der Waals surface area contributed by atoms with Crippen LogP contribution in [0.4, 0.5) is 10.5 Å². The van der Waals surface area contributed by atoms with Crippen LogP contribution in [0.2, 0.25) is 0 Å². The Bertz CT molecular complexity index is 1490. The van der Waals surface area contributed by atoms with E-state index in [9.17, 15) is 14.9 Å². The first-order chi connectivity index (χ1) is 22.8. The van der Waals surface area contributed by atoms with Crippen LogP contribution in [0.15, 0.2) is 45.9 Å². The van der Waals surface area contributed by atoms with E-state index >= 15 is 0 Å². The average Bonchev–Trinajstić information content (AvgIpc) is 3.10. The van der Waals surface area contributed by atoms with Gasteiger partial charge < -0.3 is 24.9 Å². The van der Waals surface area contributed by atoms with Crippen LogP contribution < -0.4 is 10.6 Å². The van der Waals surface area contributed by atoms with Gasteiger partial charge in [-0.1, -0.05) is 52.7 Å². The molecule has 3 amide bonds. The number of fused-ring (bicyclic) bond motifs is 1. The van der Waals surface area contributed by atoms with Crippen LogP contribution in [0.3, 0.4) is 0 Å². The molecule has 1 atom stereocenters. The predicted molar refractivity (Wildman–Crippen MR) is 188 cm³/mol. The highest BCUT2D eigenvalue weighted by Gasteiger charge is 2.34. The zero-order chi connectivity index (χ0) is 32.9. The summed E-state index contributed by atoms with van der Waals surface area (Å²) in [4.78, 5) is 40.9. The number of aryl methyl sites for hydroxylation is 2. The Morgan fingerprint density at radius 2 is 1.62 bits per heavy atom. The topological polar surface area (TPSA) is 107 Å². The van der Waals surface area contributed by atoms with Crippen LogP contribution in [0.1, 0.15) is 67.2 Å². The van der Waals surface area contributed by atoms with E-state index in [0.29, 0.717) is 38.1 Å². The highest BCUT2D eigenvalue weighted by Crippen LogP contribution is 2.29. The summed E-state index contributed by atoms with van der Waals surface area (Å²) in [6, 6.07) is 12.1. The van der Waals surface area contributed by atoms with E-state index < -0.39 is 6.04 Å². The molecule has 0 saturated carbocycles. The van der Waals surface area contributed by atoms with Crippen molar-refractivity contribution in [1.82, 2.24) is 24.9 Å². The van der Waals surface area contributed by atoms with Crippen molar-refractivity contribution in [2.45, 2.75) is 89.9 Å². The monoisotopic (exact) mass is 702 g/mol. The van der Waals surface area contributed by atoms with E-state index in [1.165, 1.54) is 32.4 Å². The lowest BCUT2D eigenvalue weighted by Crippen LogP contribution is -2.53. The van der Waals surface area contributed by atoms with Crippen molar-refractivity contribution in [3.8, 4) is 6.19 Å². The second-order valence-corrected chi connectivity index (χ2v) is 14.3. The Labute approximate surface area is 287 Å². The second-order valence-electron chi connectivity index (χ2n) is 13.5. The molecule has 1 unspecified atom stereocenters. The number of likely N-dealkylation sites (tertiary alicyclic amines) is 3. The van der Waals surface area contributed by atoms with Gasteiger partial charge in [0.1, 0.15) is 6.04 Å². The molecule has 2 N–H and O–H groups in total. The molecule has 0 aliphatic carbocycles. The molecule has 6 rings (SSSR count). The lowest BCUT2D eigenvalue weighted by molar-refractivity contribution is -0.134. The van der Waals surface area contributed by atoms with Crippen molar-refractivity contribution in [1.29, 1.82) is 5.26 Å². The van der Waals surface area contributed by atoms with E-state index in [4.69, 9.17) is 4.99 Å². The molecule has 10 nitrogen and oxygen atoms in total. The van der Waals surface area contributed by atoms with E-state index in [-0.39, 0.29) is 18.0 Å². The van der Waals surface area contributed by atoms with Crippen molar-refractivity contribution in [2.75, 3.05) is 44.6 Å². The molecule has 4 aliphatic rings. The third kappa shape index (κ3) is 7.76. The lowest BCUT2D eigenvalue weighted by atomic mass is 9.97.